The molecule has 1 aliphatic heterocycles. The lowest BCUT2D eigenvalue weighted by atomic mass is 10.1. The molecule has 1 fully saturated rings. The van der Waals surface area contributed by atoms with E-state index in [0.29, 0.717) is 13.2 Å². The van der Waals surface area contributed by atoms with Crippen LogP contribution >= 0.6 is 12.2 Å². The van der Waals surface area contributed by atoms with Crippen LogP contribution in [0.25, 0.3) is 0 Å². The van der Waals surface area contributed by atoms with E-state index in [0.717, 1.165) is 62.3 Å². The molecule has 0 bridgehead atoms. The first-order chi connectivity index (χ1) is 14.7. The van der Waals surface area contributed by atoms with Gasteiger partial charge in [0.1, 0.15) is 0 Å². The lowest BCUT2D eigenvalue weighted by Gasteiger charge is -2.36. The second-order valence-corrected chi connectivity index (χ2v) is 7.76. The van der Waals surface area contributed by atoms with E-state index in [-0.39, 0.29) is 0 Å². The van der Waals surface area contributed by atoms with Gasteiger partial charge in [-0.25, -0.2) is 0 Å². The molecule has 0 saturated carbocycles. The number of rotatable bonds is 9. The molecule has 1 saturated heterocycles. The van der Waals surface area contributed by atoms with Crippen LogP contribution in [-0.2, 0) is 13.0 Å². The summed E-state index contributed by atoms with van der Waals surface area (Å²) in [6, 6.07) is 16.8. The molecule has 5 nitrogen and oxygen atoms in total. The summed E-state index contributed by atoms with van der Waals surface area (Å²) in [4.78, 5) is 4.77. The van der Waals surface area contributed by atoms with Gasteiger partial charge in [-0.1, -0.05) is 36.4 Å². The van der Waals surface area contributed by atoms with Gasteiger partial charge in [-0.3, -0.25) is 4.90 Å². The van der Waals surface area contributed by atoms with Gasteiger partial charge in [-0.15, -0.1) is 0 Å². The predicted octanol–water partition coefficient (Wildman–Crippen LogP) is 3.72. The second kappa shape index (κ2) is 11.8. The maximum Gasteiger partial charge on any atom is 0.169 e. The number of ether oxygens (including phenoxy) is 2. The SMILES string of the molecule is CCOc1ccc(CCNC(=S)N2CCN(Cc3ccccc3)CC2)cc1OCC. The summed E-state index contributed by atoms with van der Waals surface area (Å²) in [5.74, 6) is 1.62. The third kappa shape index (κ3) is 6.61. The molecule has 0 radical (unpaired) electrons. The zero-order chi connectivity index (χ0) is 21.2. The minimum Gasteiger partial charge on any atom is -0.490 e. The van der Waals surface area contributed by atoms with E-state index in [1.165, 1.54) is 11.1 Å². The average Bonchev–Trinajstić information content (AvgIpc) is 2.77. The molecule has 2 aromatic carbocycles. The molecule has 3 rings (SSSR count). The van der Waals surface area contributed by atoms with Crippen molar-refractivity contribution in [2.45, 2.75) is 26.8 Å². The van der Waals surface area contributed by atoms with Crippen LogP contribution < -0.4 is 14.8 Å². The first kappa shape index (κ1) is 22.4. The van der Waals surface area contributed by atoms with Crippen molar-refractivity contribution >= 4 is 17.3 Å². The lowest BCUT2D eigenvalue weighted by molar-refractivity contribution is 0.174. The van der Waals surface area contributed by atoms with Crippen molar-refractivity contribution in [3.05, 3.63) is 59.7 Å². The van der Waals surface area contributed by atoms with Crippen molar-refractivity contribution < 1.29 is 9.47 Å². The number of hydrogen-bond acceptors (Lipinski definition) is 4. The molecule has 0 unspecified atom stereocenters. The van der Waals surface area contributed by atoms with Gasteiger partial charge in [0.25, 0.3) is 0 Å². The fourth-order valence-electron chi connectivity index (χ4n) is 3.63. The van der Waals surface area contributed by atoms with Crippen LogP contribution in [0.15, 0.2) is 48.5 Å². The van der Waals surface area contributed by atoms with E-state index in [9.17, 15) is 0 Å². The Bertz CT molecular complexity index is 792. The Labute approximate surface area is 186 Å². The summed E-state index contributed by atoms with van der Waals surface area (Å²) in [7, 11) is 0. The first-order valence-electron chi connectivity index (χ1n) is 10.9. The molecule has 6 heteroatoms. The number of nitrogens with one attached hydrogen (secondary N) is 1. The van der Waals surface area contributed by atoms with Gasteiger partial charge in [0, 0.05) is 39.3 Å². The topological polar surface area (TPSA) is 37.0 Å². The van der Waals surface area contributed by atoms with Gasteiger partial charge in [-0.05, 0) is 55.7 Å². The number of piperazine rings is 1. The Balaban J connectivity index is 1.41. The number of thiocarbonyl (C=S) groups is 1. The Morgan fingerprint density at radius 2 is 1.60 bits per heavy atom. The largest absolute Gasteiger partial charge is 0.490 e. The normalized spacial score (nSPS) is 14.4. The third-order valence-electron chi connectivity index (χ3n) is 5.21. The van der Waals surface area contributed by atoms with E-state index in [4.69, 9.17) is 21.7 Å². The minimum atomic E-state index is 0.627. The van der Waals surface area contributed by atoms with E-state index in [1.807, 2.05) is 19.9 Å². The second-order valence-electron chi connectivity index (χ2n) is 7.38. The van der Waals surface area contributed by atoms with E-state index < -0.39 is 0 Å². The number of benzene rings is 2. The maximum atomic E-state index is 5.72. The predicted molar refractivity (Wildman–Crippen MR) is 126 cm³/mol. The van der Waals surface area contributed by atoms with Crippen molar-refractivity contribution in [1.82, 2.24) is 15.1 Å². The number of nitrogens with zero attached hydrogens (tertiary/aromatic N) is 2. The van der Waals surface area contributed by atoms with Crippen LogP contribution in [0.3, 0.4) is 0 Å². The van der Waals surface area contributed by atoms with Gasteiger partial charge in [0.15, 0.2) is 16.6 Å². The maximum absolute atomic E-state index is 5.72. The lowest BCUT2D eigenvalue weighted by Crippen LogP contribution is -2.51. The molecular weight excluding hydrogens is 394 g/mol. The van der Waals surface area contributed by atoms with E-state index >= 15 is 0 Å². The summed E-state index contributed by atoms with van der Waals surface area (Å²) < 4.78 is 11.4. The number of hydrogen-bond donors (Lipinski definition) is 1. The molecule has 0 aliphatic carbocycles. The van der Waals surface area contributed by atoms with Gasteiger partial charge in [-0.2, -0.15) is 0 Å². The van der Waals surface area contributed by atoms with Crippen molar-refractivity contribution in [2.75, 3.05) is 45.9 Å². The summed E-state index contributed by atoms with van der Waals surface area (Å²) in [6.45, 7) is 11.1. The molecule has 0 spiro atoms. The van der Waals surface area contributed by atoms with Crippen molar-refractivity contribution in [1.29, 1.82) is 0 Å². The van der Waals surface area contributed by atoms with Crippen LogP contribution in [0.2, 0.25) is 0 Å². The molecule has 1 aliphatic rings. The zero-order valence-corrected chi connectivity index (χ0v) is 18.9. The average molecular weight is 428 g/mol. The molecule has 0 amide bonds. The molecule has 0 aromatic heterocycles. The Morgan fingerprint density at radius 3 is 2.30 bits per heavy atom. The van der Waals surface area contributed by atoms with Gasteiger partial charge in [0.2, 0.25) is 0 Å². The molecule has 2 aromatic rings. The molecule has 30 heavy (non-hydrogen) atoms. The minimum absolute atomic E-state index is 0.627. The molecule has 1 N–H and O–H groups in total. The fourth-order valence-corrected chi connectivity index (χ4v) is 3.91. The van der Waals surface area contributed by atoms with Crippen molar-refractivity contribution in [3.63, 3.8) is 0 Å². The molecule has 1 heterocycles. The van der Waals surface area contributed by atoms with Crippen LogP contribution in [0.1, 0.15) is 25.0 Å². The zero-order valence-electron chi connectivity index (χ0n) is 18.1. The quantitative estimate of drug-likeness (QED) is 0.615. The summed E-state index contributed by atoms with van der Waals surface area (Å²) in [5.41, 5.74) is 2.58. The first-order valence-corrected chi connectivity index (χ1v) is 11.3. The standard InChI is InChI=1S/C24H33N3O2S/c1-3-28-22-11-10-20(18-23(22)29-4-2)12-13-25-24(30)27-16-14-26(15-17-27)19-21-8-6-5-7-9-21/h5-11,18H,3-4,12-17,19H2,1-2H3,(H,25,30). The van der Waals surface area contributed by atoms with Gasteiger partial charge in [0.05, 0.1) is 13.2 Å². The smallest absolute Gasteiger partial charge is 0.169 e. The highest BCUT2D eigenvalue weighted by molar-refractivity contribution is 7.80. The van der Waals surface area contributed by atoms with Crippen molar-refractivity contribution in [3.8, 4) is 11.5 Å². The summed E-state index contributed by atoms with van der Waals surface area (Å²) >= 11 is 5.63. The van der Waals surface area contributed by atoms with Crippen molar-refractivity contribution in [2.24, 2.45) is 0 Å². The third-order valence-corrected chi connectivity index (χ3v) is 5.61. The van der Waals surface area contributed by atoms with Gasteiger partial charge < -0.3 is 19.7 Å². The van der Waals surface area contributed by atoms with Crippen LogP contribution in [0.4, 0.5) is 0 Å². The van der Waals surface area contributed by atoms with Crippen LogP contribution in [0, 0.1) is 0 Å². The highest BCUT2D eigenvalue weighted by atomic mass is 32.1. The molecule has 162 valence electrons. The van der Waals surface area contributed by atoms with Crippen LogP contribution in [-0.4, -0.2) is 60.8 Å². The fraction of sp³-hybridized carbons (Fsp3) is 0.458. The Morgan fingerprint density at radius 1 is 0.900 bits per heavy atom. The highest BCUT2D eigenvalue weighted by Crippen LogP contribution is 2.28. The Hall–Kier alpha value is -2.31. The summed E-state index contributed by atoms with van der Waals surface area (Å²) in [6.07, 6.45) is 0.889. The molecular formula is C24H33N3O2S. The highest BCUT2D eigenvalue weighted by Gasteiger charge is 2.18. The van der Waals surface area contributed by atoms with Crippen LogP contribution in [0.5, 0.6) is 11.5 Å². The Kier molecular flexibility index (Phi) is 8.78. The van der Waals surface area contributed by atoms with E-state index in [1.54, 1.807) is 0 Å². The summed E-state index contributed by atoms with van der Waals surface area (Å²) in [5, 5.41) is 4.28. The molecule has 0 atom stereocenters. The monoisotopic (exact) mass is 427 g/mol. The van der Waals surface area contributed by atoms with Gasteiger partial charge >= 0.3 is 0 Å². The van der Waals surface area contributed by atoms with E-state index in [2.05, 4.69) is 57.6 Å².